The van der Waals surface area contributed by atoms with Crippen LogP contribution in [0.25, 0.3) is 0 Å². The van der Waals surface area contributed by atoms with Crippen molar-refractivity contribution < 1.29 is 9.53 Å². The second-order valence-corrected chi connectivity index (χ2v) is 4.29. The number of ether oxygens (including phenoxy) is 1. The van der Waals surface area contributed by atoms with Gasteiger partial charge in [-0.2, -0.15) is 0 Å². The molecular weight excluding hydrogens is 202 g/mol. The van der Waals surface area contributed by atoms with Crippen LogP contribution in [0.2, 0.25) is 0 Å². The summed E-state index contributed by atoms with van der Waals surface area (Å²) < 4.78 is 4.74. The van der Waals surface area contributed by atoms with Gasteiger partial charge >= 0.3 is 5.97 Å². The normalized spacial score (nSPS) is 24.4. The number of carbonyl (C=O) groups excluding carboxylic acids is 1. The van der Waals surface area contributed by atoms with Crippen molar-refractivity contribution in [2.24, 2.45) is 0 Å². The highest BCUT2D eigenvalue weighted by Gasteiger charge is 2.30. The molecule has 1 fully saturated rings. The average Bonchev–Trinajstić information content (AvgIpc) is 2.77. The molecule has 1 saturated heterocycles. The Bertz CT molecular complexity index is 389. The molecule has 2 unspecified atom stereocenters. The van der Waals surface area contributed by atoms with E-state index in [0.29, 0.717) is 0 Å². The zero-order valence-corrected chi connectivity index (χ0v) is 9.69. The Morgan fingerprint density at radius 2 is 2.25 bits per heavy atom. The Balaban J connectivity index is 2.06. The number of hydrogen-bond donors (Lipinski definition) is 1. The van der Waals surface area contributed by atoms with Gasteiger partial charge in [-0.25, -0.2) is 0 Å². The predicted octanol–water partition coefficient (Wildman–Crippen LogP) is 1.96. The molecule has 1 aromatic carbocycles. The van der Waals surface area contributed by atoms with Crippen molar-refractivity contribution in [2.45, 2.75) is 31.8 Å². The maximum Gasteiger partial charge on any atom is 0.322 e. The number of aryl methyl sites for hydroxylation is 1. The van der Waals surface area contributed by atoms with Gasteiger partial charge in [-0.05, 0) is 25.3 Å². The van der Waals surface area contributed by atoms with E-state index in [-0.39, 0.29) is 18.1 Å². The maximum absolute atomic E-state index is 11.4. The molecule has 0 spiro atoms. The lowest BCUT2D eigenvalue weighted by Gasteiger charge is -2.13. The molecule has 1 heterocycles. The zero-order valence-electron chi connectivity index (χ0n) is 9.69. The summed E-state index contributed by atoms with van der Waals surface area (Å²) in [5, 5.41) is 3.31. The van der Waals surface area contributed by atoms with Crippen LogP contribution in [-0.2, 0) is 9.53 Å². The van der Waals surface area contributed by atoms with Crippen LogP contribution in [-0.4, -0.2) is 19.1 Å². The lowest BCUT2D eigenvalue weighted by molar-refractivity contribution is -0.142. The summed E-state index contributed by atoms with van der Waals surface area (Å²) in [6, 6.07) is 8.54. The maximum atomic E-state index is 11.4. The molecular formula is C13H17NO2. The predicted molar refractivity (Wildman–Crippen MR) is 62.1 cm³/mol. The first kappa shape index (κ1) is 11.1. The lowest BCUT2D eigenvalue weighted by atomic mass is 10.0. The fourth-order valence-corrected chi connectivity index (χ4v) is 2.22. The third kappa shape index (κ3) is 2.25. The van der Waals surface area contributed by atoms with Gasteiger partial charge < -0.3 is 4.74 Å². The number of esters is 1. The Morgan fingerprint density at radius 3 is 2.94 bits per heavy atom. The molecule has 2 rings (SSSR count). The third-order valence-electron chi connectivity index (χ3n) is 3.08. The van der Waals surface area contributed by atoms with Crippen LogP contribution in [0.3, 0.4) is 0 Å². The van der Waals surface area contributed by atoms with Crippen molar-refractivity contribution in [2.75, 3.05) is 7.11 Å². The summed E-state index contributed by atoms with van der Waals surface area (Å²) in [6.07, 6.45) is 1.84. The van der Waals surface area contributed by atoms with Crippen molar-refractivity contribution >= 4 is 5.97 Å². The minimum atomic E-state index is -0.157. The molecule has 1 aromatic rings. The highest BCUT2D eigenvalue weighted by atomic mass is 16.5. The zero-order chi connectivity index (χ0) is 11.5. The second kappa shape index (κ2) is 4.66. The van der Waals surface area contributed by atoms with Crippen molar-refractivity contribution in [1.82, 2.24) is 5.32 Å². The van der Waals surface area contributed by atoms with Gasteiger partial charge in [0.2, 0.25) is 0 Å². The molecule has 3 heteroatoms. The number of hydrogen-bond acceptors (Lipinski definition) is 3. The highest BCUT2D eigenvalue weighted by molar-refractivity contribution is 5.76. The molecule has 1 aliphatic heterocycles. The second-order valence-electron chi connectivity index (χ2n) is 4.29. The number of rotatable bonds is 2. The summed E-state index contributed by atoms with van der Waals surface area (Å²) in [4.78, 5) is 11.4. The number of benzene rings is 1. The fourth-order valence-electron chi connectivity index (χ4n) is 2.22. The average molecular weight is 219 g/mol. The van der Waals surface area contributed by atoms with Crippen LogP contribution in [0.15, 0.2) is 24.3 Å². The van der Waals surface area contributed by atoms with Gasteiger partial charge in [-0.15, -0.1) is 0 Å². The van der Waals surface area contributed by atoms with Crippen molar-refractivity contribution in [3.8, 4) is 0 Å². The minimum Gasteiger partial charge on any atom is -0.468 e. The van der Waals surface area contributed by atoms with E-state index in [4.69, 9.17) is 4.74 Å². The van der Waals surface area contributed by atoms with Gasteiger partial charge in [0.1, 0.15) is 6.04 Å². The Hall–Kier alpha value is -1.35. The van der Waals surface area contributed by atoms with Gasteiger partial charge in [-0.1, -0.05) is 29.8 Å². The molecule has 3 nitrogen and oxygen atoms in total. The minimum absolute atomic E-state index is 0.143. The van der Waals surface area contributed by atoms with E-state index in [0.717, 1.165) is 12.8 Å². The molecule has 1 N–H and O–H groups in total. The summed E-state index contributed by atoms with van der Waals surface area (Å²) in [6.45, 7) is 2.08. The van der Waals surface area contributed by atoms with Crippen molar-refractivity contribution in [3.63, 3.8) is 0 Å². The Kier molecular flexibility index (Phi) is 3.25. The van der Waals surface area contributed by atoms with Crippen LogP contribution >= 0.6 is 0 Å². The van der Waals surface area contributed by atoms with Crippen LogP contribution in [0, 0.1) is 6.92 Å². The van der Waals surface area contributed by atoms with E-state index in [1.807, 2.05) is 0 Å². The smallest absolute Gasteiger partial charge is 0.322 e. The van der Waals surface area contributed by atoms with Gasteiger partial charge in [0, 0.05) is 6.04 Å². The molecule has 86 valence electrons. The van der Waals surface area contributed by atoms with E-state index in [2.05, 4.69) is 36.5 Å². The first-order chi connectivity index (χ1) is 7.70. The van der Waals surface area contributed by atoms with Gasteiger partial charge in [0.15, 0.2) is 0 Å². The van der Waals surface area contributed by atoms with Gasteiger partial charge in [0.05, 0.1) is 7.11 Å². The standard InChI is InChI=1S/C13H17NO2/c1-9-4-3-5-10(8-9)11-6-7-12(14-11)13(15)16-2/h3-5,8,11-12,14H,6-7H2,1-2H3. The van der Waals surface area contributed by atoms with E-state index in [9.17, 15) is 4.79 Å². The summed E-state index contributed by atoms with van der Waals surface area (Å²) in [5.41, 5.74) is 2.51. The van der Waals surface area contributed by atoms with Gasteiger partial charge in [-0.3, -0.25) is 10.1 Å². The number of carbonyl (C=O) groups is 1. The first-order valence-electron chi connectivity index (χ1n) is 5.61. The number of methoxy groups -OCH3 is 1. The van der Waals surface area contributed by atoms with Crippen LogP contribution in [0.4, 0.5) is 0 Å². The van der Waals surface area contributed by atoms with Crippen LogP contribution in [0.5, 0.6) is 0 Å². The molecule has 0 saturated carbocycles. The largest absolute Gasteiger partial charge is 0.468 e. The van der Waals surface area contributed by atoms with E-state index in [1.54, 1.807) is 0 Å². The fraction of sp³-hybridized carbons (Fsp3) is 0.462. The van der Waals surface area contributed by atoms with Crippen LogP contribution in [0.1, 0.15) is 30.0 Å². The van der Waals surface area contributed by atoms with E-state index < -0.39 is 0 Å². The third-order valence-corrected chi connectivity index (χ3v) is 3.08. The van der Waals surface area contributed by atoms with Crippen molar-refractivity contribution in [1.29, 1.82) is 0 Å². The van der Waals surface area contributed by atoms with E-state index >= 15 is 0 Å². The Labute approximate surface area is 95.8 Å². The lowest BCUT2D eigenvalue weighted by Crippen LogP contribution is -2.33. The molecule has 1 aliphatic rings. The molecule has 0 amide bonds. The molecule has 0 aromatic heterocycles. The Morgan fingerprint density at radius 1 is 1.44 bits per heavy atom. The van der Waals surface area contributed by atoms with Crippen molar-refractivity contribution in [3.05, 3.63) is 35.4 Å². The number of nitrogens with one attached hydrogen (secondary N) is 1. The highest BCUT2D eigenvalue weighted by Crippen LogP contribution is 2.27. The van der Waals surface area contributed by atoms with Gasteiger partial charge in [0.25, 0.3) is 0 Å². The molecule has 0 bridgehead atoms. The quantitative estimate of drug-likeness (QED) is 0.773. The molecule has 2 atom stereocenters. The summed E-state index contributed by atoms with van der Waals surface area (Å²) >= 11 is 0. The molecule has 0 aliphatic carbocycles. The van der Waals surface area contributed by atoms with Crippen LogP contribution < -0.4 is 5.32 Å². The molecule has 0 radical (unpaired) electrons. The molecule has 16 heavy (non-hydrogen) atoms. The topological polar surface area (TPSA) is 38.3 Å². The van der Waals surface area contributed by atoms with E-state index in [1.165, 1.54) is 18.2 Å². The summed E-state index contributed by atoms with van der Waals surface area (Å²) in [5.74, 6) is -0.157. The first-order valence-corrected chi connectivity index (χ1v) is 5.61. The monoisotopic (exact) mass is 219 g/mol. The SMILES string of the molecule is COC(=O)C1CCC(c2cccc(C)c2)N1. The summed E-state index contributed by atoms with van der Waals surface area (Å²) in [7, 11) is 1.43.